The van der Waals surface area contributed by atoms with Crippen molar-refractivity contribution in [3.63, 3.8) is 0 Å². The number of hydrogen-bond acceptors (Lipinski definition) is 1. The Hall–Kier alpha value is 0.269. The Morgan fingerprint density at radius 1 is 0.800 bits per heavy atom. The van der Waals surface area contributed by atoms with Gasteiger partial charge in [0, 0.05) is 0 Å². The van der Waals surface area contributed by atoms with Crippen LogP contribution in [0.5, 0.6) is 0 Å². The molecule has 0 saturated heterocycles. The van der Waals surface area contributed by atoms with Crippen LogP contribution in [-0.2, 0) is 4.79 Å². The van der Waals surface area contributed by atoms with Crippen LogP contribution in [0.15, 0.2) is 0 Å². The van der Waals surface area contributed by atoms with Crippen molar-refractivity contribution in [1.29, 1.82) is 0 Å². The Balaban J connectivity index is 3.26. The van der Waals surface area contributed by atoms with Crippen molar-refractivity contribution in [2.24, 2.45) is 0 Å². The molecule has 0 heterocycles. The molecule has 0 rings (SSSR count). The second kappa shape index (κ2) is 13.0. The molecule has 0 aliphatic rings. The molecule has 3 heteroatoms. The molecule has 0 aliphatic heterocycles. The molecule has 0 aromatic carbocycles. The Labute approximate surface area is 130 Å². The molecule has 0 amide bonds. The van der Waals surface area contributed by atoms with Gasteiger partial charge in [0.15, 0.2) is 0 Å². The fraction of sp³-hybridized carbons (Fsp3) is 0.941. The van der Waals surface area contributed by atoms with Crippen molar-refractivity contribution >= 4 is 24.3 Å². The SMILES string of the molecule is CCC[CH2][Sn]([CH3])([CH3])[CH2]CCCCCCCCCC(=O)O. The van der Waals surface area contributed by atoms with Crippen LogP contribution in [0.25, 0.3) is 0 Å². The fourth-order valence-corrected chi connectivity index (χ4v) is 10.6. The average Bonchev–Trinajstić information content (AvgIpc) is 2.38. The van der Waals surface area contributed by atoms with E-state index < -0.39 is 24.3 Å². The zero-order chi connectivity index (χ0) is 15.3. The Bertz CT molecular complexity index is 239. The summed E-state index contributed by atoms with van der Waals surface area (Å²) < 4.78 is 3.15. The topological polar surface area (TPSA) is 37.3 Å². The summed E-state index contributed by atoms with van der Waals surface area (Å²) in [7, 11) is 0. The molecule has 0 atom stereocenters. The van der Waals surface area contributed by atoms with Gasteiger partial charge in [0.1, 0.15) is 0 Å². The minimum atomic E-state index is -1.60. The second-order valence-electron chi connectivity index (χ2n) is 6.99. The van der Waals surface area contributed by atoms with E-state index in [0.717, 1.165) is 12.8 Å². The van der Waals surface area contributed by atoms with E-state index in [4.69, 9.17) is 5.11 Å². The molecule has 1 N–H and O–H groups in total. The number of carboxylic acid groups (broad SMARTS) is 1. The monoisotopic (exact) mass is 392 g/mol. The van der Waals surface area contributed by atoms with Gasteiger partial charge >= 0.3 is 131 Å². The van der Waals surface area contributed by atoms with Gasteiger partial charge in [-0.25, -0.2) is 0 Å². The van der Waals surface area contributed by atoms with Gasteiger partial charge in [0.2, 0.25) is 0 Å². The molecule has 0 aromatic rings. The van der Waals surface area contributed by atoms with E-state index in [-0.39, 0.29) is 0 Å². The van der Waals surface area contributed by atoms with Gasteiger partial charge in [-0.3, -0.25) is 0 Å². The van der Waals surface area contributed by atoms with Gasteiger partial charge in [0.25, 0.3) is 0 Å². The van der Waals surface area contributed by atoms with Crippen LogP contribution in [0.4, 0.5) is 0 Å². The number of hydrogen-bond donors (Lipinski definition) is 1. The van der Waals surface area contributed by atoms with Gasteiger partial charge < -0.3 is 0 Å². The van der Waals surface area contributed by atoms with E-state index in [9.17, 15) is 4.79 Å². The van der Waals surface area contributed by atoms with E-state index in [0.29, 0.717) is 6.42 Å². The second-order valence-corrected chi connectivity index (χ2v) is 22.2. The summed E-state index contributed by atoms with van der Waals surface area (Å²) in [6, 6.07) is 0. The van der Waals surface area contributed by atoms with Crippen molar-refractivity contribution in [3.8, 4) is 0 Å². The van der Waals surface area contributed by atoms with E-state index >= 15 is 0 Å². The third-order valence-corrected chi connectivity index (χ3v) is 13.9. The molecule has 2 nitrogen and oxygen atoms in total. The first-order chi connectivity index (χ1) is 9.48. The molecule has 0 aliphatic carbocycles. The van der Waals surface area contributed by atoms with Gasteiger partial charge in [-0.1, -0.05) is 0 Å². The van der Waals surface area contributed by atoms with Crippen molar-refractivity contribution in [2.45, 2.75) is 96.3 Å². The summed E-state index contributed by atoms with van der Waals surface area (Å²) in [5, 5.41) is 8.54. The maximum atomic E-state index is 10.4. The van der Waals surface area contributed by atoms with Crippen LogP contribution in [-0.4, -0.2) is 29.5 Å². The van der Waals surface area contributed by atoms with Gasteiger partial charge in [0.05, 0.1) is 0 Å². The Morgan fingerprint density at radius 3 is 1.75 bits per heavy atom. The molecule has 0 spiro atoms. The first-order valence-corrected chi connectivity index (χ1v) is 18.4. The van der Waals surface area contributed by atoms with Crippen LogP contribution in [0.1, 0.15) is 77.6 Å². The van der Waals surface area contributed by atoms with Gasteiger partial charge in [-0.05, 0) is 0 Å². The van der Waals surface area contributed by atoms with E-state index in [1.807, 2.05) is 0 Å². The van der Waals surface area contributed by atoms with Crippen molar-refractivity contribution in [3.05, 3.63) is 0 Å². The van der Waals surface area contributed by atoms with Crippen LogP contribution in [0.3, 0.4) is 0 Å². The number of aliphatic carboxylic acids is 1. The summed E-state index contributed by atoms with van der Waals surface area (Å²) in [4.78, 5) is 15.6. The van der Waals surface area contributed by atoms with Crippen LogP contribution >= 0.6 is 0 Å². The van der Waals surface area contributed by atoms with E-state index in [1.54, 1.807) is 8.87 Å². The molecular formula is C17H36O2Sn. The minimum absolute atomic E-state index is 0.347. The van der Waals surface area contributed by atoms with Crippen molar-refractivity contribution in [2.75, 3.05) is 0 Å². The predicted octanol–water partition coefficient (Wildman–Crippen LogP) is 6.09. The summed E-state index contributed by atoms with van der Waals surface area (Å²) in [6.45, 7) is 2.30. The molecular weight excluding hydrogens is 355 g/mol. The first kappa shape index (κ1) is 20.3. The standard InChI is InChI=1S/C11H21O2.C4H9.2CH3.Sn/c1-2-3-4-5-6-7-8-9-10-11(12)13;1-3-4-2;;;/h1-10H2,(H,12,13);1,3-4H2,2H3;2*1H3;. The van der Waals surface area contributed by atoms with Crippen LogP contribution in [0, 0.1) is 0 Å². The number of rotatable bonds is 14. The Kier molecular flexibility index (Phi) is 13.1. The molecule has 0 bridgehead atoms. The zero-order valence-electron chi connectivity index (χ0n) is 14.0. The third kappa shape index (κ3) is 14.7. The summed E-state index contributed by atoms with van der Waals surface area (Å²) in [6.07, 6.45) is 13.2. The normalized spacial score (nSPS) is 11.8. The molecule has 20 heavy (non-hydrogen) atoms. The van der Waals surface area contributed by atoms with E-state index in [1.165, 1.54) is 51.4 Å². The quantitative estimate of drug-likeness (QED) is 0.287. The average molecular weight is 391 g/mol. The molecule has 0 aromatic heterocycles. The maximum absolute atomic E-state index is 10.4. The van der Waals surface area contributed by atoms with Crippen molar-refractivity contribution in [1.82, 2.24) is 0 Å². The predicted molar refractivity (Wildman–Crippen MR) is 91.2 cm³/mol. The first-order valence-electron chi connectivity index (χ1n) is 8.70. The number of carboxylic acids is 1. The molecule has 0 fully saturated rings. The summed E-state index contributed by atoms with van der Waals surface area (Å²) in [5.41, 5.74) is 0. The molecule has 0 radical (unpaired) electrons. The number of unbranched alkanes of at least 4 members (excludes halogenated alkanes) is 8. The number of carbonyl (C=O) groups is 1. The van der Waals surface area contributed by atoms with Crippen LogP contribution < -0.4 is 0 Å². The molecule has 120 valence electrons. The van der Waals surface area contributed by atoms with Gasteiger partial charge in [-0.2, -0.15) is 0 Å². The summed E-state index contributed by atoms with van der Waals surface area (Å²) in [5.74, 6) is -0.651. The Morgan fingerprint density at radius 2 is 1.25 bits per heavy atom. The third-order valence-electron chi connectivity index (χ3n) is 4.20. The van der Waals surface area contributed by atoms with E-state index in [2.05, 4.69) is 16.8 Å². The molecule has 0 unspecified atom stereocenters. The van der Waals surface area contributed by atoms with Crippen molar-refractivity contribution < 1.29 is 9.90 Å². The molecule has 0 saturated carbocycles. The van der Waals surface area contributed by atoms with Gasteiger partial charge in [-0.15, -0.1) is 0 Å². The van der Waals surface area contributed by atoms with Crippen LogP contribution in [0.2, 0.25) is 18.8 Å². The summed E-state index contributed by atoms with van der Waals surface area (Å²) >= 11 is -1.60. The zero-order valence-corrected chi connectivity index (χ0v) is 16.9. The fourth-order valence-electron chi connectivity index (χ4n) is 2.72.